The average molecular weight is 273 g/mol. The maximum Gasteiger partial charge on any atom is 0.242 e. The third kappa shape index (κ3) is 2.97. The van der Waals surface area contributed by atoms with Gasteiger partial charge in [0.1, 0.15) is 10.9 Å². The molecule has 2 fully saturated rings. The molecule has 17 heavy (non-hydrogen) atoms. The summed E-state index contributed by atoms with van der Waals surface area (Å²) >= 11 is 6.38. The van der Waals surface area contributed by atoms with Crippen LogP contribution in [-0.2, 0) is 9.59 Å². The predicted octanol–water partition coefficient (Wildman–Crippen LogP) is -0.379. The maximum absolute atomic E-state index is 12.0. The Morgan fingerprint density at radius 2 is 2.00 bits per heavy atom. The highest BCUT2D eigenvalue weighted by atomic mass is 32.2. The molecule has 0 aromatic rings. The van der Waals surface area contributed by atoms with Crippen LogP contribution in [0.25, 0.3) is 0 Å². The van der Waals surface area contributed by atoms with E-state index in [0.29, 0.717) is 10.1 Å². The Labute approximate surface area is 110 Å². The largest absolute Gasteiger partial charge is 0.339 e. The summed E-state index contributed by atoms with van der Waals surface area (Å²) in [6.07, 6.45) is 0. The lowest BCUT2D eigenvalue weighted by Crippen LogP contribution is -2.50. The van der Waals surface area contributed by atoms with Crippen LogP contribution in [0.1, 0.15) is 0 Å². The Bertz CT molecular complexity index is 337. The van der Waals surface area contributed by atoms with E-state index in [1.165, 1.54) is 16.7 Å². The third-order valence-electron chi connectivity index (χ3n) is 2.99. The molecule has 2 aliphatic rings. The van der Waals surface area contributed by atoms with E-state index in [-0.39, 0.29) is 18.4 Å². The highest BCUT2D eigenvalue weighted by molar-refractivity contribution is 8.23. The van der Waals surface area contributed by atoms with Crippen molar-refractivity contribution in [2.45, 2.75) is 0 Å². The summed E-state index contributed by atoms with van der Waals surface area (Å²) in [5.74, 6) is 0.313. The van der Waals surface area contributed by atoms with Gasteiger partial charge in [-0.15, -0.1) is 0 Å². The van der Waals surface area contributed by atoms with Crippen molar-refractivity contribution < 1.29 is 9.59 Å². The summed E-state index contributed by atoms with van der Waals surface area (Å²) < 4.78 is 0.525. The van der Waals surface area contributed by atoms with Crippen LogP contribution >= 0.6 is 24.0 Å². The molecular weight excluding hydrogens is 258 g/mol. The second-order valence-corrected chi connectivity index (χ2v) is 5.83. The van der Waals surface area contributed by atoms with Gasteiger partial charge in [0.05, 0.1) is 5.75 Å². The molecule has 0 aliphatic carbocycles. The minimum Gasteiger partial charge on any atom is -0.339 e. The van der Waals surface area contributed by atoms with Crippen molar-refractivity contribution in [3.63, 3.8) is 0 Å². The van der Waals surface area contributed by atoms with Crippen molar-refractivity contribution in [3.05, 3.63) is 0 Å². The van der Waals surface area contributed by atoms with Crippen LogP contribution in [0.3, 0.4) is 0 Å². The Hall–Kier alpha value is -0.660. The molecule has 2 amide bonds. The zero-order valence-electron chi connectivity index (χ0n) is 9.72. The molecule has 2 saturated heterocycles. The van der Waals surface area contributed by atoms with Crippen LogP contribution in [0, 0.1) is 0 Å². The SMILES string of the molecule is CN1CCN(C(=O)CN2C(=O)CSC2=S)CC1. The molecule has 94 valence electrons. The first-order chi connectivity index (χ1) is 8.08. The molecule has 2 aliphatic heterocycles. The van der Waals surface area contributed by atoms with Gasteiger partial charge in [0, 0.05) is 26.2 Å². The smallest absolute Gasteiger partial charge is 0.242 e. The number of likely N-dealkylation sites (N-methyl/N-ethyl adjacent to an activating group) is 1. The van der Waals surface area contributed by atoms with Crippen LogP contribution in [0.4, 0.5) is 0 Å². The normalized spacial score (nSPS) is 22.4. The zero-order chi connectivity index (χ0) is 12.4. The number of thiocarbonyl (C=S) groups is 1. The van der Waals surface area contributed by atoms with Gasteiger partial charge in [-0.1, -0.05) is 24.0 Å². The van der Waals surface area contributed by atoms with E-state index in [1.54, 1.807) is 4.90 Å². The van der Waals surface area contributed by atoms with Gasteiger partial charge in [-0.2, -0.15) is 0 Å². The van der Waals surface area contributed by atoms with Crippen molar-refractivity contribution in [2.24, 2.45) is 0 Å². The monoisotopic (exact) mass is 273 g/mol. The first-order valence-corrected chi connectivity index (χ1v) is 6.91. The summed E-state index contributed by atoms with van der Waals surface area (Å²) in [7, 11) is 2.04. The van der Waals surface area contributed by atoms with E-state index in [9.17, 15) is 9.59 Å². The molecule has 2 heterocycles. The standard InChI is InChI=1S/C10H15N3O2S2/c1-11-2-4-12(5-3-11)8(14)6-13-9(15)7-17-10(13)16/h2-7H2,1H3. The molecule has 0 bridgehead atoms. The summed E-state index contributed by atoms with van der Waals surface area (Å²) in [6, 6.07) is 0. The summed E-state index contributed by atoms with van der Waals surface area (Å²) in [5.41, 5.74) is 0. The van der Waals surface area contributed by atoms with Crippen molar-refractivity contribution in [1.82, 2.24) is 14.7 Å². The molecule has 0 aromatic carbocycles. The lowest BCUT2D eigenvalue weighted by Gasteiger charge is -2.33. The topological polar surface area (TPSA) is 43.9 Å². The molecule has 0 atom stereocenters. The number of nitrogens with zero attached hydrogens (tertiary/aromatic N) is 3. The van der Waals surface area contributed by atoms with Gasteiger partial charge in [-0.05, 0) is 7.05 Å². The van der Waals surface area contributed by atoms with E-state index >= 15 is 0 Å². The zero-order valence-corrected chi connectivity index (χ0v) is 11.4. The number of hydrogen-bond donors (Lipinski definition) is 0. The van der Waals surface area contributed by atoms with E-state index in [0.717, 1.165) is 26.2 Å². The number of thioether (sulfide) groups is 1. The van der Waals surface area contributed by atoms with Crippen LogP contribution in [0.5, 0.6) is 0 Å². The van der Waals surface area contributed by atoms with Gasteiger partial charge >= 0.3 is 0 Å². The summed E-state index contributed by atoms with van der Waals surface area (Å²) in [5, 5.41) is 0. The summed E-state index contributed by atoms with van der Waals surface area (Å²) in [6.45, 7) is 3.35. The van der Waals surface area contributed by atoms with Gasteiger partial charge < -0.3 is 9.80 Å². The highest BCUT2D eigenvalue weighted by Gasteiger charge is 2.30. The van der Waals surface area contributed by atoms with Gasteiger partial charge in [0.25, 0.3) is 0 Å². The lowest BCUT2D eigenvalue weighted by atomic mass is 10.3. The van der Waals surface area contributed by atoms with E-state index < -0.39 is 0 Å². The van der Waals surface area contributed by atoms with Gasteiger partial charge in [-0.25, -0.2) is 0 Å². The van der Waals surface area contributed by atoms with Crippen LogP contribution in [0.2, 0.25) is 0 Å². The van der Waals surface area contributed by atoms with E-state index in [1.807, 2.05) is 7.05 Å². The molecular formula is C10H15N3O2S2. The predicted molar refractivity (Wildman–Crippen MR) is 70.8 cm³/mol. The first kappa shape index (κ1) is 12.8. The fourth-order valence-electron chi connectivity index (χ4n) is 1.82. The second-order valence-electron chi connectivity index (χ2n) is 4.22. The number of carbonyl (C=O) groups is 2. The molecule has 0 N–H and O–H groups in total. The van der Waals surface area contributed by atoms with Crippen LogP contribution in [-0.4, -0.2) is 76.4 Å². The van der Waals surface area contributed by atoms with Crippen molar-refractivity contribution in [3.8, 4) is 0 Å². The Kier molecular flexibility index (Phi) is 4.01. The molecule has 2 rings (SSSR count). The Balaban J connectivity index is 1.88. The number of rotatable bonds is 2. The van der Waals surface area contributed by atoms with Gasteiger partial charge in [0.15, 0.2) is 0 Å². The van der Waals surface area contributed by atoms with Gasteiger partial charge in [0.2, 0.25) is 11.8 Å². The Morgan fingerprint density at radius 1 is 1.35 bits per heavy atom. The Morgan fingerprint density at radius 3 is 2.53 bits per heavy atom. The molecule has 0 unspecified atom stereocenters. The number of hydrogen-bond acceptors (Lipinski definition) is 5. The highest BCUT2D eigenvalue weighted by Crippen LogP contribution is 2.19. The van der Waals surface area contributed by atoms with Crippen molar-refractivity contribution in [2.75, 3.05) is 45.5 Å². The second kappa shape index (κ2) is 5.32. The van der Waals surface area contributed by atoms with Crippen LogP contribution < -0.4 is 0 Å². The number of piperazine rings is 1. The van der Waals surface area contributed by atoms with E-state index in [4.69, 9.17) is 12.2 Å². The molecule has 0 radical (unpaired) electrons. The molecule has 5 nitrogen and oxygen atoms in total. The minimum atomic E-state index is -0.0533. The lowest BCUT2D eigenvalue weighted by molar-refractivity contribution is -0.137. The van der Waals surface area contributed by atoms with E-state index in [2.05, 4.69) is 4.90 Å². The van der Waals surface area contributed by atoms with Crippen molar-refractivity contribution >= 4 is 40.1 Å². The molecule has 0 saturated carbocycles. The first-order valence-electron chi connectivity index (χ1n) is 5.51. The minimum absolute atomic E-state index is 0.00343. The number of amides is 2. The molecule has 7 heteroatoms. The number of carbonyl (C=O) groups excluding carboxylic acids is 2. The average Bonchev–Trinajstić information content (AvgIpc) is 2.61. The molecule has 0 aromatic heterocycles. The van der Waals surface area contributed by atoms with Gasteiger partial charge in [-0.3, -0.25) is 14.5 Å². The maximum atomic E-state index is 12.0. The third-order valence-corrected chi connectivity index (χ3v) is 4.42. The quantitative estimate of drug-likeness (QED) is 0.642. The fraction of sp³-hybridized carbons (Fsp3) is 0.700. The summed E-state index contributed by atoms with van der Waals surface area (Å²) in [4.78, 5) is 28.9. The van der Waals surface area contributed by atoms with Crippen molar-refractivity contribution in [1.29, 1.82) is 0 Å². The van der Waals surface area contributed by atoms with Crippen LogP contribution in [0.15, 0.2) is 0 Å². The fourth-order valence-corrected chi connectivity index (χ4v) is 2.89. The molecule has 0 spiro atoms.